The van der Waals surface area contributed by atoms with Crippen molar-refractivity contribution in [3.63, 3.8) is 0 Å². The summed E-state index contributed by atoms with van der Waals surface area (Å²) in [6.07, 6.45) is -4.82. The van der Waals surface area contributed by atoms with Crippen molar-refractivity contribution in [1.82, 2.24) is 0 Å². The molecule has 0 spiro atoms. The summed E-state index contributed by atoms with van der Waals surface area (Å²) >= 11 is 0. The van der Waals surface area contributed by atoms with E-state index in [2.05, 4.69) is 4.18 Å². The van der Waals surface area contributed by atoms with Gasteiger partial charge in [-0.3, -0.25) is 0 Å². The summed E-state index contributed by atoms with van der Waals surface area (Å²) < 4.78 is 63.0. The molecule has 0 fully saturated rings. The summed E-state index contributed by atoms with van der Waals surface area (Å²) in [5.74, 6) is -2.14. The normalized spacial score (nSPS) is 12.6. The Kier molecular flexibility index (Phi) is 3.40. The van der Waals surface area contributed by atoms with Crippen molar-refractivity contribution in [2.75, 3.05) is 5.75 Å². The van der Waals surface area contributed by atoms with Crippen LogP contribution in [0.5, 0.6) is 5.75 Å². The fourth-order valence-corrected chi connectivity index (χ4v) is 2.45. The molecule has 0 aliphatic carbocycles. The van der Waals surface area contributed by atoms with Gasteiger partial charge in [0.2, 0.25) is 0 Å². The van der Waals surface area contributed by atoms with Crippen LogP contribution in [0.2, 0.25) is 0 Å². The number of benzene rings is 2. The van der Waals surface area contributed by atoms with E-state index in [-0.39, 0.29) is 5.75 Å². The summed E-state index contributed by atoms with van der Waals surface area (Å²) in [5.41, 5.74) is 0. The van der Waals surface area contributed by atoms with Crippen LogP contribution >= 0.6 is 0 Å². The van der Waals surface area contributed by atoms with Crippen LogP contribution in [0.3, 0.4) is 0 Å². The van der Waals surface area contributed by atoms with E-state index >= 15 is 0 Å². The monoisotopic (exact) mass is 290 g/mol. The number of alkyl halides is 3. The topological polar surface area (TPSA) is 43.4 Å². The molecule has 0 saturated carbocycles. The first kappa shape index (κ1) is 13.7. The van der Waals surface area contributed by atoms with Crippen LogP contribution in [0.25, 0.3) is 10.8 Å². The number of hydrogen-bond donors (Lipinski definition) is 0. The zero-order valence-electron chi connectivity index (χ0n) is 9.52. The average Bonchev–Trinajstić information content (AvgIpc) is 2.24. The highest BCUT2D eigenvalue weighted by atomic mass is 32.2. The van der Waals surface area contributed by atoms with Crippen molar-refractivity contribution in [3.8, 4) is 5.75 Å². The van der Waals surface area contributed by atoms with Crippen LogP contribution in [0.1, 0.15) is 0 Å². The summed E-state index contributed by atoms with van der Waals surface area (Å²) in [4.78, 5) is 0. The van der Waals surface area contributed by atoms with Gasteiger partial charge in [-0.15, -0.1) is 0 Å². The zero-order valence-corrected chi connectivity index (χ0v) is 10.3. The molecular formula is C12H9F3O3S. The van der Waals surface area contributed by atoms with E-state index < -0.39 is 22.0 Å². The Labute approximate surface area is 107 Å². The first-order valence-electron chi connectivity index (χ1n) is 5.23. The van der Waals surface area contributed by atoms with E-state index in [1.54, 1.807) is 30.3 Å². The third-order valence-electron chi connectivity index (χ3n) is 2.28. The molecule has 2 aromatic carbocycles. The number of halogens is 3. The first-order chi connectivity index (χ1) is 8.75. The summed E-state index contributed by atoms with van der Waals surface area (Å²) in [7, 11) is -4.69. The van der Waals surface area contributed by atoms with E-state index in [1.165, 1.54) is 12.1 Å². The number of hydrogen-bond acceptors (Lipinski definition) is 3. The second-order valence-corrected chi connectivity index (χ2v) is 5.48. The van der Waals surface area contributed by atoms with Crippen molar-refractivity contribution < 1.29 is 25.8 Å². The van der Waals surface area contributed by atoms with Gasteiger partial charge in [0, 0.05) is 0 Å². The van der Waals surface area contributed by atoms with Crippen LogP contribution in [0.4, 0.5) is 13.2 Å². The predicted molar refractivity (Wildman–Crippen MR) is 64.4 cm³/mol. The lowest BCUT2D eigenvalue weighted by Gasteiger charge is -2.09. The molecule has 0 aromatic heterocycles. The molecule has 0 radical (unpaired) electrons. The van der Waals surface area contributed by atoms with Gasteiger partial charge in [-0.05, 0) is 22.9 Å². The molecule has 0 aliphatic rings. The number of rotatable bonds is 3. The molecule has 3 nitrogen and oxygen atoms in total. The van der Waals surface area contributed by atoms with Crippen molar-refractivity contribution in [2.24, 2.45) is 0 Å². The predicted octanol–water partition coefficient (Wildman–Crippen LogP) is 3.11. The Morgan fingerprint density at radius 3 is 2.26 bits per heavy atom. The minimum absolute atomic E-state index is 0.136. The molecule has 2 aromatic rings. The number of fused-ring (bicyclic) bond motifs is 1. The molecular weight excluding hydrogens is 281 g/mol. The third kappa shape index (κ3) is 3.85. The highest BCUT2D eigenvalue weighted by Gasteiger charge is 2.36. The summed E-state index contributed by atoms with van der Waals surface area (Å²) in [6, 6.07) is 11.3. The SMILES string of the molecule is O=S(=O)(CC(F)(F)F)Oc1ccc2ccccc2c1. The van der Waals surface area contributed by atoms with Crippen LogP contribution in [0, 0.1) is 0 Å². The third-order valence-corrected chi connectivity index (χ3v) is 3.41. The lowest BCUT2D eigenvalue weighted by atomic mass is 10.1. The average molecular weight is 290 g/mol. The fourth-order valence-electron chi connectivity index (χ4n) is 1.60. The van der Waals surface area contributed by atoms with Gasteiger partial charge in [0.05, 0.1) is 0 Å². The molecule has 0 aliphatic heterocycles. The Bertz CT molecular complexity index is 693. The largest absolute Gasteiger partial charge is 0.406 e. The molecule has 0 N–H and O–H groups in total. The van der Waals surface area contributed by atoms with Crippen molar-refractivity contribution in [2.45, 2.75) is 6.18 Å². The van der Waals surface area contributed by atoms with Gasteiger partial charge in [0.15, 0.2) is 5.75 Å². The maximum absolute atomic E-state index is 12.0. The van der Waals surface area contributed by atoms with E-state index in [1.807, 2.05) is 0 Å². The fraction of sp³-hybridized carbons (Fsp3) is 0.167. The van der Waals surface area contributed by atoms with Gasteiger partial charge in [0.25, 0.3) is 0 Å². The van der Waals surface area contributed by atoms with Crippen molar-refractivity contribution in [1.29, 1.82) is 0 Å². The molecule has 0 unspecified atom stereocenters. The van der Waals surface area contributed by atoms with Gasteiger partial charge in [-0.25, -0.2) is 0 Å². The summed E-state index contributed by atoms with van der Waals surface area (Å²) in [5, 5.41) is 1.52. The zero-order chi connectivity index (χ0) is 14.1. The maximum Gasteiger partial charge on any atom is 0.406 e. The quantitative estimate of drug-likeness (QED) is 0.816. The minimum atomic E-state index is -4.82. The van der Waals surface area contributed by atoms with Gasteiger partial charge < -0.3 is 4.18 Å². The Morgan fingerprint density at radius 2 is 1.63 bits per heavy atom. The Morgan fingerprint density at radius 1 is 1.00 bits per heavy atom. The van der Waals surface area contributed by atoms with Crippen LogP contribution in [-0.4, -0.2) is 20.3 Å². The van der Waals surface area contributed by atoms with Gasteiger partial charge in [-0.1, -0.05) is 30.3 Å². The van der Waals surface area contributed by atoms with Gasteiger partial charge in [-0.2, -0.15) is 21.6 Å². The Balaban J connectivity index is 2.26. The summed E-state index contributed by atoms with van der Waals surface area (Å²) in [6.45, 7) is 0. The molecule has 0 atom stereocenters. The molecule has 0 amide bonds. The lowest BCUT2D eigenvalue weighted by molar-refractivity contribution is -0.107. The Hall–Kier alpha value is -1.76. The van der Waals surface area contributed by atoms with Gasteiger partial charge >= 0.3 is 16.3 Å². The molecule has 0 bridgehead atoms. The highest BCUT2D eigenvalue weighted by molar-refractivity contribution is 7.87. The van der Waals surface area contributed by atoms with Crippen LogP contribution in [-0.2, 0) is 10.1 Å². The smallest absolute Gasteiger partial charge is 0.382 e. The minimum Gasteiger partial charge on any atom is -0.382 e. The molecule has 2 rings (SSSR count). The molecule has 7 heteroatoms. The van der Waals surface area contributed by atoms with Gasteiger partial charge in [0.1, 0.15) is 5.75 Å². The van der Waals surface area contributed by atoms with Crippen molar-refractivity contribution in [3.05, 3.63) is 42.5 Å². The van der Waals surface area contributed by atoms with E-state index in [4.69, 9.17) is 0 Å². The molecule has 0 saturated heterocycles. The second-order valence-electron chi connectivity index (χ2n) is 3.91. The molecule has 19 heavy (non-hydrogen) atoms. The first-order valence-corrected chi connectivity index (χ1v) is 6.81. The maximum atomic E-state index is 12.0. The van der Waals surface area contributed by atoms with Crippen LogP contribution in [0.15, 0.2) is 42.5 Å². The molecule has 102 valence electrons. The van der Waals surface area contributed by atoms with E-state index in [9.17, 15) is 21.6 Å². The van der Waals surface area contributed by atoms with Crippen LogP contribution < -0.4 is 4.18 Å². The lowest BCUT2D eigenvalue weighted by Crippen LogP contribution is -2.26. The van der Waals surface area contributed by atoms with Crippen molar-refractivity contribution >= 4 is 20.9 Å². The second kappa shape index (κ2) is 4.73. The van der Waals surface area contributed by atoms with E-state index in [0.717, 1.165) is 5.39 Å². The molecule has 0 heterocycles. The highest BCUT2D eigenvalue weighted by Crippen LogP contribution is 2.24. The standard InChI is InChI=1S/C12H9F3O3S/c13-12(14,15)8-19(16,17)18-11-6-5-9-3-1-2-4-10(9)7-11/h1-7H,8H2. The van der Waals surface area contributed by atoms with E-state index in [0.29, 0.717) is 5.39 Å².